The SMILES string of the molecule is COC[C@H]1O[C@@H](S(=O)(=O)c2ccc(Br)cc2)[C@@H](C)C1OP1OC(C(C)C)C(C)N1C. The Morgan fingerprint density at radius 3 is 2.40 bits per heavy atom. The van der Waals surface area contributed by atoms with Gasteiger partial charge in [-0.25, -0.2) is 13.1 Å². The Balaban J connectivity index is 1.82. The number of likely N-dealkylation sites (N-methyl/N-ethyl adjacent to an activating group) is 1. The summed E-state index contributed by atoms with van der Waals surface area (Å²) < 4.78 is 53.4. The molecule has 2 fully saturated rings. The van der Waals surface area contributed by atoms with E-state index in [1.54, 1.807) is 31.4 Å². The van der Waals surface area contributed by atoms with Crippen molar-refractivity contribution < 1.29 is 26.9 Å². The van der Waals surface area contributed by atoms with Crippen molar-refractivity contribution in [2.24, 2.45) is 11.8 Å². The number of rotatable bonds is 7. The van der Waals surface area contributed by atoms with Gasteiger partial charge in [0.2, 0.25) is 9.84 Å². The molecule has 2 saturated heterocycles. The maximum atomic E-state index is 13.3. The molecule has 0 amide bonds. The third-order valence-corrected chi connectivity index (χ3v) is 10.1. The molecule has 1 aromatic carbocycles. The zero-order valence-corrected chi connectivity index (χ0v) is 21.5. The van der Waals surface area contributed by atoms with Gasteiger partial charge in [0.15, 0.2) is 5.44 Å². The lowest BCUT2D eigenvalue weighted by Gasteiger charge is -2.27. The van der Waals surface area contributed by atoms with E-state index in [4.69, 9.17) is 18.5 Å². The quantitative estimate of drug-likeness (QED) is 0.495. The smallest absolute Gasteiger partial charge is 0.259 e. The van der Waals surface area contributed by atoms with Crippen LogP contribution in [-0.4, -0.2) is 63.6 Å². The van der Waals surface area contributed by atoms with Crippen molar-refractivity contribution in [1.82, 2.24) is 4.67 Å². The first-order chi connectivity index (χ1) is 14.1. The van der Waals surface area contributed by atoms with E-state index in [0.29, 0.717) is 5.92 Å². The number of ether oxygens (including phenoxy) is 2. The topological polar surface area (TPSA) is 74.3 Å². The van der Waals surface area contributed by atoms with E-state index in [-0.39, 0.29) is 29.6 Å². The van der Waals surface area contributed by atoms with Gasteiger partial charge in [-0.1, -0.05) is 36.7 Å². The average Bonchev–Trinajstić information content (AvgIpc) is 3.15. The van der Waals surface area contributed by atoms with Crippen molar-refractivity contribution in [2.75, 3.05) is 20.8 Å². The number of benzene rings is 1. The highest BCUT2D eigenvalue weighted by molar-refractivity contribution is 9.10. The predicted octanol–water partition coefficient (Wildman–Crippen LogP) is 4.22. The Bertz CT molecular complexity index is 823. The summed E-state index contributed by atoms with van der Waals surface area (Å²) in [6.45, 7) is 8.49. The van der Waals surface area contributed by atoms with Crippen molar-refractivity contribution in [3.8, 4) is 0 Å². The maximum absolute atomic E-state index is 13.3. The molecule has 10 heteroatoms. The van der Waals surface area contributed by atoms with Crippen molar-refractivity contribution in [1.29, 1.82) is 0 Å². The van der Waals surface area contributed by atoms with Crippen LogP contribution < -0.4 is 0 Å². The summed E-state index contributed by atoms with van der Waals surface area (Å²) >= 11 is 3.34. The Morgan fingerprint density at radius 2 is 1.87 bits per heavy atom. The highest BCUT2D eigenvalue weighted by Gasteiger charge is 2.52. The molecular formula is C20H31BrNO6PS. The number of nitrogens with zero attached hydrogens (tertiary/aromatic N) is 1. The molecule has 1 aromatic rings. The first-order valence-electron chi connectivity index (χ1n) is 10.1. The summed E-state index contributed by atoms with van der Waals surface area (Å²) in [4.78, 5) is 0.229. The van der Waals surface area contributed by atoms with Gasteiger partial charge in [0.05, 0.1) is 17.6 Å². The maximum Gasteiger partial charge on any atom is 0.259 e. The third kappa shape index (κ3) is 4.79. The molecule has 2 aliphatic rings. The number of sulfone groups is 1. The monoisotopic (exact) mass is 523 g/mol. The van der Waals surface area contributed by atoms with Crippen LogP contribution in [0.15, 0.2) is 33.6 Å². The standard InChI is InChI=1S/C20H31BrNO6PS/c1-12(2)18-14(4)22(5)29(27-18)28-19-13(3)20(26-17(19)11-25-6)30(23,24)16-9-7-15(21)8-10-16/h7-10,12-14,17-20H,11H2,1-6H3/t13-,14?,17+,18?,19?,20-,29?/m0/s1. The fraction of sp³-hybridized carbons (Fsp3) is 0.700. The number of hydrogen-bond donors (Lipinski definition) is 0. The van der Waals surface area contributed by atoms with Crippen LogP contribution in [0.3, 0.4) is 0 Å². The van der Waals surface area contributed by atoms with E-state index in [2.05, 4.69) is 41.4 Å². The van der Waals surface area contributed by atoms with Gasteiger partial charge in [0.25, 0.3) is 8.53 Å². The Kier molecular flexibility index (Phi) is 8.00. The molecule has 0 radical (unpaired) electrons. The first kappa shape index (κ1) is 24.5. The minimum absolute atomic E-state index is 0.0712. The van der Waals surface area contributed by atoms with Crippen LogP contribution >= 0.6 is 24.5 Å². The summed E-state index contributed by atoms with van der Waals surface area (Å²) in [6, 6.07) is 6.82. The molecule has 0 aromatic heterocycles. The van der Waals surface area contributed by atoms with Crippen LogP contribution in [0.4, 0.5) is 0 Å². The van der Waals surface area contributed by atoms with E-state index < -0.39 is 36.0 Å². The van der Waals surface area contributed by atoms with Gasteiger partial charge in [-0.05, 0) is 44.2 Å². The lowest BCUT2D eigenvalue weighted by molar-refractivity contribution is -0.0128. The highest BCUT2D eigenvalue weighted by atomic mass is 79.9. The zero-order chi connectivity index (χ0) is 22.2. The summed E-state index contributed by atoms with van der Waals surface area (Å²) in [6.07, 6.45) is -0.873. The van der Waals surface area contributed by atoms with Gasteiger partial charge >= 0.3 is 0 Å². The number of hydrogen-bond acceptors (Lipinski definition) is 7. The van der Waals surface area contributed by atoms with Gasteiger partial charge in [-0.2, -0.15) is 0 Å². The predicted molar refractivity (Wildman–Crippen MR) is 120 cm³/mol. The molecule has 0 bridgehead atoms. The van der Waals surface area contributed by atoms with Crippen molar-refractivity contribution in [2.45, 2.75) is 62.4 Å². The summed E-state index contributed by atoms with van der Waals surface area (Å²) in [5.41, 5.74) is -1.01. The lowest BCUT2D eigenvalue weighted by atomic mass is 10.0. The normalized spacial score (nSPS) is 35.4. The molecule has 0 aliphatic carbocycles. The van der Waals surface area contributed by atoms with E-state index in [1.165, 1.54) is 0 Å². The Morgan fingerprint density at radius 1 is 1.23 bits per heavy atom. The molecule has 170 valence electrons. The molecule has 4 unspecified atom stereocenters. The van der Waals surface area contributed by atoms with Crippen molar-refractivity contribution in [3.05, 3.63) is 28.7 Å². The third-order valence-electron chi connectivity index (χ3n) is 5.81. The van der Waals surface area contributed by atoms with E-state index in [1.807, 2.05) is 14.0 Å². The molecule has 0 N–H and O–H groups in total. The molecule has 0 spiro atoms. The Hall–Kier alpha value is -0.120. The average molecular weight is 524 g/mol. The minimum atomic E-state index is -3.70. The largest absolute Gasteiger partial charge is 0.382 e. The molecule has 3 rings (SSSR count). The molecule has 0 saturated carbocycles. The number of methoxy groups -OCH3 is 1. The second kappa shape index (κ2) is 9.79. The minimum Gasteiger partial charge on any atom is -0.382 e. The van der Waals surface area contributed by atoms with Crippen LogP contribution in [0.2, 0.25) is 0 Å². The van der Waals surface area contributed by atoms with Crippen molar-refractivity contribution in [3.63, 3.8) is 0 Å². The van der Waals surface area contributed by atoms with Crippen LogP contribution in [0.1, 0.15) is 27.7 Å². The van der Waals surface area contributed by atoms with Crippen molar-refractivity contribution >= 4 is 34.3 Å². The van der Waals surface area contributed by atoms with Gasteiger partial charge in [-0.15, -0.1) is 0 Å². The molecule has 7 nitrogen and oxygen atoms in total. The van der Waals surface area contributed by atoms with Crippen LogP contribution in [0, 0.1) is 11.8 Å². The first-order valence-corrected chi connectivity index (χ1v) is 13.5. The summed E-state index contributed by atoms with van der Waals surface area (Å²) in [7, 11) is -1.45. The van der Waals surface area contributed by atoms with E-state index in [9.17, 15) is 8.42 Å². The van der Waals surface area contributed by atoms with Gasteiger partial charge < -0.3 is 18.5 Å². The van der Waals surface area contributed by atoms with Crippen LogP contribution in [0.25, 0.3) is 0 Å². The lowest BCUT2D eigenvalue weighted by Crippen LogP contribution is -2.34. The molecule has 2 heterocycles. The fourth-order valence-corrected chi connectivity index (χ4v) is 7.95. The van der Waals surface area contributed by atoms with Gasteiger partial charge in [0.1, 0.15) is 12.2 Å². The van der Waals surface area contributed by atoms with Crippen LogP contribution in [-0.2, 0) is 28.4 Å². The van der Waals surface area contributed by atoms with Gasteiger partial charge in [0, 0.05) is 23.5 Å². The second-order valence-electron chi connectivity index (χ2n) is 8.29. The summed E-state index contributed by atoms with van der Waals surface area (Å²) in [5, 5.41) is 0. The molecular weight excluding hydrogens is 493 g/mol. The Labute approximate surface area is 189 Å². The second-order valence-corrected chi connectivity index (χ2v) is 12.8. The number of halogens is 1. The zero-order valence-electron chi connectivity index (χ0n) is 18.2. The molecule has 7 atom stereocenters. The van der Waals surface area contributed by atoms with Crippen LogP contribution in [0.5, 0.6) is 0 Å². The molecule has 2 aliphatic heterocycles. The van der Waals surface area contributed by atoms with E-state index in [0.717, 1.165) is 4.47 Å². The highest BCUT2D eigenvalue weighted by Crippen LogP contribution is 2.55. The van der Waals surface area contributed by atoms with E-state index >= 15 is 0 Å². The molecule has 30 heavy (non-hydrogen) atoms. The summed E-state index contributed by atoms with van der Waals surface area (Å²) in [5.74, 6) is -0.0252. The van der Waals surface area contributed by atoms with Gasteiger partial charge in [-0.3, -0.25) is 0 Å². The fourth-order valence-electron chi connectivity index (χ4n) is 3.95.